The van der Waals surface area contributed by atoms with Crippen LogP contribution >= 0.6 is 23.4 Å². The molecule has 1 saturated heterocycles. The van der Waals surface area contributed by atoms with E-state index in [0.717, 1.165) is 5.69 Å². The number of amidine groups is 1. The summed E-state index contributed by atoms with van der Waals surface area (Å²) >= 11 is 7.65. The van der Waals surface area contributed by atoms with E-state index in [1.807, 2.05) is 37.3 Å². The summed E-state index contributed by atoms with van der Waals surface area (Å²) in [4.78, 5) is 31.3. The van der Waals surface area contributed by atoms with Crippen molar-refractivity contribution < 1.29 is 28.5 Å². The number of esters is 1. The lowest BCUT2D eigenvalue weighted by molar-refractivity contribution is -0.142. The number of carbonyl (C=O) groups is 2. The Hall–Kier alpha value is -3.01. The summed E-state index contributed by atoms with van der Waals surface area (Å²) in [6, 6.07) is 12.7. The zero-order chi connectivity index (χ0) is 24.5. The van der Waals surface area contributed by atoms with Crippen LogP contribution < -0.4 is 9.47 Å². The Morgan fingerprint density at radius 3 is 2.65 bits per heavy atom. The van der Waals surface area contributed by atoms with E-state index >= 15 is 0 Å². The molecule has 1 fully saturated rings. The number of amides is 1. The second kappa shape index (κ2) is 12.5. The zero-order valence-corrected chi connectivity index (χ0v) is 20.6. The molecule has 0 bridgehead atoms. The molecule has 1 aliphatic rings. The monoisotopic (exact) mass is 504 g/mol. The van der Waals surface area contributed by atoms with Crippen LogP contribution in [0, 0.1) is 0 Å². The minimum Gasteiger partial charge on any atom is -0.493 e. The van der Waals surface area contributed by atoms with Crippen molar-refractivity contribution in [3.05, 3.63) is 58.0 Å². The number of benzene rings is 2. The van der Waals surface area contributed by atoms with Crippen LogP contribution in [0.2, 0.25) is 5.02 Å². The molecule has 3 rings (SSSR count). The van der Waals surface area contributed by atoms with Gasteiger partial charge in [-0.3, -0.25) is 9.69 Å². The zero-order valence-electron chi connectivity index (χ0n) is 19.1. The summed E-state index contributed by atoms with van der Waals surface area (Å²) in [6.45, 7) is 2.94. The average Bonchev–Trinajstić information content (AvgIpc) is 3.12. The number of para-hydroxylation sites is 1. The highest BCUT2D eigenvalue weighted by molar-refractivity contribution is 8.18. The van der Waals surface area contributed by atoms with E-state index in [1.54, 1.807) is 23.1 Å². The molecule has 0 atom stereocenters. The summed E-state index contributed by atoms with van der Waals surface area (Å²) in [7, 11) is 2.73. The molecule has 1 heterocycles. The topological polar surface area (TPSA) is 86.7 Å². The molecule has 0 aromatic heterocycles. The van der Waals surface area contributed by atoms with Gasteiger partial charge in [0.1, 0.15) is 0 Å². The summed E-state index contributed by atoms with van der Waals surface area (Å²) in [5.74, 6) is -0.188. The maximum Gasteiger partial charge on any atom is 0.343 e. The summed E-state index contributed by atoms with van der Waals surface area (Å²) in [5.41, 5.74) is 1.38. The van der Waals surface area contributed by atoms with Crippen LogP contribution in [0.1, 0.15) is 12.5 Å². The number of hydrogen-bond donors (Lipinski definition) is 0. The van der Waals surface area contributed by atoms with Crippen LogP contribution in [-0.2, 0) is 19.1 Å². The lowest BCUT2D eigenvalue weighted by Crippen LogP contribution is -2.32. The van der Waals surface area contributed by atoms with Gasteiger partial charge in [0, 0.05) is 6.61 Å². The van der Waals surface area contributed by atoms with Crippen molar-refractivity contribution in [3.8, 4) is 11.5 Å². The largest absolute Gasteiger partial charge is 0.493 e. The van der Waals surface area contributed by atoms with Gasteiger partial charge < -0.3 is 18.9 Å². The molecule has 0 saturated carbocycles. The van der Waals surface area contributed by atoms with Crippen LogP contribution in [-0.4, -0.2) is 62.5 Å². The molecule has 0 unspecified atom stereocenters. The summed E-state index contributed by atoms with van der Waals surface area (Å²) in [5, 5.41) is 0.801. The van der Waals surface area contributed by atoms with Gasteiger partial charge in [0.05, 0.1) is 43.0 Å². The number of nitrogens with zero attached hydrogens (tertiary/aromatic N) is 2. The van der Waals surface area contributed by atoms with Crippen molar-refractivity contribution in [1.29, 1.82) is 0 Å². The molecule has 1 amide bonds. The first kappa shape index (κ1) is 25.6. The lowest BCUT2D eigenvalue weighted by Gasteiger charge is -2.15. The van der Waals surface area contributed by atoms with Crippen LogP contribution in [0.15, 0.2) is 52.4 Å². The Balaban J connectivity index is 1.90. The fourth-order valence-corrected chi connectivity index (χ4v) is 4.30. The van der Waals surface area contributed by atoms with E-state index in [2.05, 4.69) is 9.73 Å². The van der Waals surface area contributed by atoms with Crippen molar-refractivity contribution >= 4 is 52.2 Å². The van der Waals surface area contributed by atoms with Crippen molar-refractivity contribution in [1.82, 2.24) is 4.90 Å². The minimum atomic E-state index is -0.547. The van der Waals surface area contributed by atoms with Gasteiger partial charge in [0.15, 0.2) is 23.3 Å². The highest BCUT2D eigenvalue weighted by Gasteiger charge is 2.33. The van der Waals surface area contributed by atoms with Gasteiger partial charge in [-0.2, -0.15) is 0 Å². The molecule has 0 aliphatic carbocycles. The number of thioether (sulfide) groups is 1. The third kappa shape index (κ3) is 6.53. The van der Waals surface area contributed by atoms with Gasteiger partial charge in [-0.05, 0) is 54.6 Å². The minimum absolute atomic E-state index is 0.180. The number of carbonyl (C=O) groups excluding carboxylic acids is 2. The van der Waals surface area contributed by atoms with Gasteiger partial charge in [-0.25, -0.2) is 9.79 Å². The van der Waals surface area contributed by atoms with Crippen LogP contribution in [0.5, 0.6) is 11.5 Å². The Morgan fingerprint density at radius 2 is 1.97 bits per heavy atom. The SMILES string of the molecule is CCOCCN1C(=O)/C(=C/c2cc(Cl)c(OCC(=O)OC)c(OC)c2)SC1=Nc1ccccc1. The Bertz CT molecular complexity index is 1090. The predicted octanol–water partition coefficient (Wildman–Crippen LogP) is 4.54. The van der Waals surface area contributed by atoms with E-state index < -0.39 is 5.97 Å². The second-order valence-corrected chi connectivity index (χ2v) is 8.31. The molecule has 8 nitrogen and oxygen atoms in total. The standard InChI is InChI=1S/C24H25ClN2O6S/c1-4-32-11-10-27-23(29)20(34-24(27)26-17-8-6-5-7-9-17)14-16-12-18(25)22(19(13-16)30-2)33-15-21(28)31-3/h5-9,12-14H,4,10-11,15H2,1-3H3/b20-14-,26-24?. The summed E-state index contributed by atoms with van der Waals surface area (Å²) in [6.07, 6.45) is 1.71. The van der Waals surface area contributed by atoms with Gasteiger partial charge in [0.2, 0.25) is 0 Å². The average molecular weight is 505 g/mol. The van der Waals surface area contributed by atoms with E-state index in [1.165, 1.54) is 26.0 Å². The predicted molar refractivity (Wildman–Crippen MR) is 133 cm³/mol. The number of hydrogen-bond acceptors (Lipinski definition) is 8. The number of rotatable bonds is 10. The van der Waals surface area contributed by atoms with Crippen molar-refractivity contribution in [3.63, 3.8) is 0 Å². The summed E-state index contributed by atoms with van der Waals surface area (Å²) < 4.78 is 20.9. The van der Waals surface area contributed by atoms with Crippen LogP contribution in [0.4, 0.5) is 5.69 Å². The number of methoxy groups -OCH3 is 2. The van der Waals surface area contributed by atoms with Gasteiger partial charge in [-0.15, -0.1) is 0 Å². The Morgan fingerprint density at radius 1 is 1.21 bits per heavy atom. The normalized spacial score (nSPS) is 15.8. The Labute approximate surface area is 207 Å². The molecule has 0 spiro atoms. The number of halogens is 1. The molecular formula is C24H25ClN2O6S. The van der Waals surface area contributed by atoms with Crippen molar-refractivity contribution in [2.45, 2.75) is 6.92 Å². The molecular weight excluding hydrogens is 480 g/mol. The molecule has 0 N–H and O–H groups in total. The molecule has 2 aromatic carbocycles. The molecule has 2 aromatic rings. The van der Waals surface area contributed by atoms with Gasteiger partial charge in [-0.1, -0.05) is 29.8 Å². The first-order valence-electron chi connectivity index (χ1n) is 10.5. The maximum absolute atomic E-state index is 13.2. The van der Waals surface area contributed by atoms with E-state index in [9.17, 15) is 9.59 Å². The van der Waals surface area contributed by atoms with E-state index in [4.69, 9.17) is 25.8 Å². The van der Waals surface area contributed by atoms with Crippen LogP contribution in [0.25, 0.3) is 6.08 Å². The fourth-order valence-electron chi connectivity index (χ4n) is 3.01. The van der Waals surface area contributed by atoms with Crippen LogP contribution in [0.3, 0.4) is 0 Å². The van der Waals surface area contributed by atoms with Gasteiger partial charge >= 0.3 is 5.97 Å². The highest BCUT2D eigenvalue weighted by atomic mass is 35.5. The fraction of sp³-hybridized carbons (Fsp3) is 0.292. The molecule has 1 aliphatic heterocycles. The van der Waals surface area contributed by atoms with Gasteiger partial charge in [0.25, 0.3) is 5.91 Å². The number of aliphatic imine (C=N–C) groups is 1. The third-order valence-electron chi connectivity index (χ3n) is 4.64. The Kier molecular flexibility index (Phi) is 9.38. The van der Waals surface area contributed by atoms with E-state index in [0.29, 0.717) is 41.1 Å². The lowest BCUT2D eigenvalue weighted by atomic mass is 10.1. The van der Waals surface area contributed by atoms with E-state index in [-0.39, 0.29) is 23.3 Å². The first-order valence-corrected chi connectivity index (χ1v) is 11.7. The molecule has 180 valence electrons. The maximum atomic E-state index is 13.2. The molecule has 0 radical (unpaired) electrons. The smallest absolute Gasteiger partial charge is 0.343 e. The van der Waals surface area contributed by atoms with Crippen molar-refractivity contribution in [2.24, 2.45) is 4.99 Å². The molecule has 34 heavy (non-hydrogen) atoms. The second-order valence-electron chi connectivity index (χ2n) is 6.89. The van der Waals surface area contributed by atoms with Crippen molar-refractivity contribution in [2.75, 3.05) is 40.6 Å². The third-order valence-corrected chi connectivity index (χ3v) is 5.93. The highest BCUT2D eigenvalue weighted by Crippen LogP contribution is 2.39. The number of ether oxygens (including phenoxy) is 4. The molecule has 10 heteroatoms. The quantitative estimate of drug-likeness (QED) is 0.266. The first-order chi connectivity index (χ1) is 16.5.